The number of carbonyl (C=O) groups is 1. The third-order valence-corrected chi connectivity index (χ3v) is 4.48. The number of rotatable bonds is 8. The first-order valence-corrected chi connectivity index (χ1v) is 13.5. The van der Waals surface area contributed by atoms with Gasteiger partial charge in [0.1, 0.15) is 12.0 Å². The highest BCUT2D eigenvalue weighted by Crippen LogP contribution is 2.18. The summed E-state index contributed by atoms with van der Waals surface area (Å²) in [7, 11) is 1.69. The van der Waals surface area contributed by atoms with Gasteiger partial charge in [-0.25, -0.2) is 0 Å². The lowest BCUT2D eigenvalue weighted by Gasteiger charge is -2.07. The van der Waals surface area contributed by atoms with Crippen LogP contribution >= 0.6 is 0 Å². The van der Waals surface area contributed by atoms with Crippen LogP contribution in [0.2, 0.25) is 0 Å². The maximum Gasteiger partial charge on any atom is 0.122 e. The van der Waals surface area contributed by atoms with Crippen molar-refractivity contribution >= 4 is 6.29 Å². The van der Waals surface area contributed by atoms with Gasteiger partial charge in [-0.1, -0.05) is 75.1 Å². The lowest BCUT2D eigenvalue weighted by Crippen LogP contribution is -1.96. The highest BCUT2D eigenvalue weighted by Gasteiger charge is 1.97. The van der Waals surface area contributed by atoms with Crippen LogP contribution < -0.4 is 10.1 Å². The number of hydrogen-bond acceptors (Lipinski definition) is 4. The van der Waals surface area contributed by atoms with Crippen molar-refractivity contribution in [3.05, 3.63) is 88.8 Å². The van der Waals surface area contributed by atoms with Gasteiger partial charge in [0.2, 0.25) is 0 Å². The normalized spacial score (nSPS) is 9.39. The Balaban J connectivity index is -0.000000449. The van der Waals surface area contributed by atoms with Gasteiger partial charge < -0.3 is 19.6 Å². The minimum absolute atomic E-state index is 0.667. The predicted octanol–water partition coefficient (Wildman–Crippen LogP) is 8.95. The summed E-state index contributed by atoms with van der Waals surface area (Å²) in [6.45, 7) is 21.3. The Labute approximate surface area is 234 Å². The number of ether oxygens (including phenoxy) is 2. The first-order valence-electron chi connectivity index (χ1n) is 13.5. The molecule has 0 saturated carbocycles. The van der Waals surface area contributed by atoms with E-state index in [2.05, 4.69) is 63.9 Å². The summed E-state index contributed by atoms with van der Waals surface area (Å²) in [5.41, 5.74) is 6.12. The molecule has 212 valence electrons. The first kappa shape index (κ1) is 39.2. The van der Waals surface area contributed by atoms with Crippen molar-refractivity contribution in [2.75, 3.05) is 13.7 Å². The molecule has 0 aromatic heterocycles. The third-order valence-electron chi connectivity index (χ3n) is 4.48. The zero-order chi connectivity index (χ0) is 29.6. The van der Waals surface area contributed by atoms with Gasteiger partial charge >= 0.3 is 0 Å². The van der Waals surface area contributed by atoms with E-state index in [1.165, 1.54) is 29.2 Å². The lowest BCUT2D eigenvalue weighted by molar-refractivity contribution is -0.106. The van der Waals surface area contributed by atoms with Crippen LogP contribution in [-0.2, 0) is 16.1 Å². The minimum atomic E-state index is 0.667. The Morgan fingerprint density at radius 1 is 1.03 bits per heavy atom. The van der Waals surface area contributed by atoms with Crippen LogP contribution in [0.15, 0.2) is 66.5 Å². The molecule has 2 rings (SSSR count). The van der Waals surface area contributed by atoms with Crippen LogP contribution in [0.25, 0.3) is 0 Å². The summed E-state index contributed by atoms with van der Waals surface area (Å²) in [5.74, 6) is 6.86. The standard InChI is InChI=1S/C11H16O.C11H12O.C8H15N.C2H4O.C2H6/c1-4-7-12-11-6-5-9(2)8-10(11)3;1-3-4-10-5-7-11(8-6-10)9-12-2;1-4-6-9-7-8(3)5-2;1-2-3;1-2/h5-6,8H,4,7H2,1-3H3;5-8H,9H2,1-2H3;4,6-7,9H,5H2,1-3H3;2H,1H3;1-2H3/b;;6-4-,8-7+;;. The topological polar surface area (TPSA) is 47.6 Å². The van der Waals surface area contributed by atoms with E-state index in [0.29, 0.717) is 6.61 Å². The Morgan fingerprint density at radius 2 is 1.63 bits per heavy atom. The number of allylic oxidation sites excluding steroid dienone is 2. The Hall–Kier alpha value is -3.29. The van der Waals surface area contributed by atoms with Gasteiger partial charge in [0, 0.05) is 12.7 Å². The molecule has 0 radical (unpaired) electrons. The molecule has 2 aromatic carbocycles. The molecule has 0 fully saturated rings. The van der Waals surface area contributed by atoms with E-state index in [4.69, 9.17) is 14.3 Å². The fourth-order valence-electron chi connectivity index (χ4n) is 2.56. The predicted molar refractivity (Wildman–Crippen MR) is 166 cm³/mol. The molecule has 4 heteroatoms. The van der Waals surface area contributed by atoms with Crippen LogP contribution in [0.1, 0.15) is 90.5 Å². The summed E-state index contributed by atoms with van der Waals surface area (Å²) >= 11 is 0. The van der Waals surface area contributed by atoms with E-state index >= 15 is 0 Å². The van der Waals surface area contributed by atoms with Gasteiger partial charge in [0.25, 0.3) is 0 Å². The monoisotopic (exact) mass is 523 g/mol. The van der Waals surface area contributed by atoms with Crippen LogP contribution in [0, 0.1) is 25.7 Å². The van der Waals surface area contributed by atoms with Crippen LogP contribution in [0.3, 0.4) is 0 Å². The molecule has 0 aliphatic carbocycles. The molecule has 1 N–H and O–H groups in total. The van der Waals surface area contributed by atoms with E-state index < -0.39 is 0 Å². The number of aryl methyl sites for hydroxylation is 2. The summed E-state index contributed by atoms with van der Waals surface area (Å²) in [6, 6.07) is 14.3. The van der Waals surface area contributed by atoms with Crippen molar-refractivity contribution in [3.8, 4) is 17.6 Å². The number of nitrogens with one attached hydrogen (secondary N) is 1. The van der Waals surface area contributed by atoms with Crippen molar-refractivity contribution < 1.29 is 14.3 Å². The molecule has 0 amide bonds. The quantitative estimate of drug-likeness (QED) is 0.277. The molecule has 4 nitrogen and oxygen atoms in total. The smallest absolute Gasteiger partial charge is 0.122 e. The molecule has 0 bridgehead atoms. The molecule has 38 heavy (non-hydrogen) atoms. The van der Waals surface area contributed by atoms with Crippen molar-refractivity contribution in [3.63, 3.8) is 0 Å². The molecule has 0 saturated heterocycles. The van der Waals surface area contributed by atoms with Crippen LogP contribution in [0.5, 0.6) is 5.75 Å². The maximum absolute atomic E-state index is 8.81. The summed E-state index contributed by atoms with van der Waals surface area (Å²) in [5, 5.41) is 3.04. The third kappa shape index (κ3) is 24.4. The van der Waals surface area contributed by atoms with Crippen molar-refractivity contribution in [2.24, 2.45) is 0 Å². The zero-order valence-corrected chi connectivity index (χ0v) is 25.9. The van der Waals surface area contributed by atoms with Gasteiger partial charge in [-0.3, -0.25) is 0 Å². The lowest BCUT2D eigenvalue weighted by atomic mass is 10.1. The number of carbonyl (C=O) groups excluding carboxylic acids is 1. The second-order valence-electron chi connectivity index (χ2n) is 7.87. The van der Waals surface area contributed by atoms with Gasteiger partial charge in [0.05, 0.1) is 13.2 Å². The van der Waals surface area contributed by atoms with Crippen LogP contribution in [0.4, 0.5) is 0 Å². The number of benzene rings is 2. The van der Waals surface area contributed by atoms with Gasteiger partial charge in [-0.05, 0) is 96.1 Å². The average molecular weight is 524 g/mol. The molecule has 0 atom stereocenters. The highest BCUT2D eigenvalue weighted by atomic mass is 16.5. The Bertz CT molecular complexity index is 932. The molecule has 0 aliphatic heterocycles. The molecule has 2 aromatic rings. The summed E-state index contributed by atoms with van der Waals surface area (Å²) < 4.78 is 10.5. The molecule has 0 heterocycles. The molecule has 0 spiro atoms. The maximum atomic E-state index is 8.81. The van der Waals surface area contributed by atoms with E-state index in [0.717, 1.165) is 37.0 Å². The number of aldehydes is 1. The molecular formula is C34H53NO3. The van der Waals surface area contributed by atoms with E-state index in [-0.39, 0.29) is 0 Å². The highest BCUT2D eigenvalue weighted by molar-refractivity contribution is 5.44. The van der Waals surface area contributed by atoms with Crippen molar-refractivity contribution in [1.29, 1.82) is 0 Å². The second kappa shape index (κ2) is 29.9. The van der Waals surface area contributed by atoms with Crippen LogP contribution in [-0.4, -0.2) is 20.0 Å². The molecule has 0 aliphatic rings. The molecule has 0 unspecified atom stereocenters. The van der Waals surface area contributed by atoms with Crippen molar-refractivity contribution in [2.45, 2.75) is 88.7 Å². The fraction of sp³-hybridized carbons (Fsp3) is 0.441. The Morgan fingerprint density at radius 3 is 2.08 bits per heavy atom. The van der Waals surface area contributed by atoms with Gasteiger partial charge in [-0.15, -0.1) is 5.92 Å². The fourth-order valence-corrected chi connectivity index (χ4v) is 2.56. The van der Waals surface area contributed by atoms with Gasteiger partial charge in [0.15, 0.2) is 0 Å². The summed E-state index contributed by atoms with van der Waals surface area (Å²) in [6.07, 6.45) is 8.83. The SMILES string of the molecule is C/C=C\N/C=C(\C)CC.CC.CC#Cc1ccc(COC)cc1.CC=O.CCCOc1ccc(C)cc1C. The largest absolute Gasteiger partial charge is 0.493 e. The Kier molecular flexibility index (Phi) is 30.9. The minimum Gasteiger partial charge on any atom is -0.493 e. The van der Waals surface area contributed by atoms with E-state index in [1.54, 1.807) is 7.11 Å². The zero-order valence-electron chi connectivity index (χ0n) is 25.9. The second-order valence-corrected chi connectivity index (χ2v) is 7.87. The van der Waals surface area contributed by atoms with Crippen molar-refractivity contribution in [1.82, 2.24) is 5.32 Å². The van der Waals surface area contributed by atoms with E-state index in [9.17, 15) is 0 Å². The van der Waals surface area contributed by atoms with Gasteiger partial charge in [-0.2, -0.15) is 0 Å². The number of hydrogen-bond donors (Lipinski definition) is 1. The average Bonchev–Trinajstić information content (AvgIpc) is 2.92. The number of methoxy groups -OCH3 is 1. The summed E-state index contributed by atoms with van der Waals surface area (Å²) in [4.78, 5) is 8.81. The molecular weight excluding hydrogens is 470 g/mol. The van der Waals surface area contributed by atoms with E-state index in [1.807, 2.05) is 76.5 Å². The first-order chi connectivity index (χ1) is 18.3.